The van der Waals surface area contributed by atoms with Crippen molar-refractivity contribution < 1.29 is 18.7 Å². The van der Waals surface area contributed by atoms with Crippen LogP contribution in [0.2, 0.25) is 6.55 Å². The van der Waals surface area contributed by atoms with Gasteiger partial charge in [0.15, 0.2) is 0 Å². The Hall–Kier alpha value is -3.58. The first-order chi connectivity index (χ1) is 15.2. The molecule has 1 aliphatic heterocycles. The van der Waals surface area contributed by atoms with Crippen LogP contribution in [0.4, 0.5) is 14.5 Å². The third kappa shape index (κ3) is 3.17. The summed E-state index contributed by atoms with van der Waals surface area (Å²) in [4.78, 5) is 15.5. The molecule has 0 aromatic heterocycles. The number of carboxylic acid groups (broad SMARTS) is 1. The van der Waals surface area contributed by atoms with E-state index in [-0.39, 0.29) is 5.56 Å². The first-order valence-electron chi connectivity index (χ1n) is 10.0. The number of hydrogen-bond donors (Lipinski definition) is 1. The van der Waals surface area contributed by atoms with E-state index in [1.54, 1.807) is 13.1 Å². The van der Waals surface area contributed by atoms with E-state index in [0.717, 1.165) is 33.9 Å². The second kappa shape index (κ2) is 7.83. The van der Waals surface area contributed by atoms with Crippen molar-refractivity contribution in [3.05, 3.63) is 99.9 Å². The molecule has 0 bridgehead atoms. The summed E-state index contributed by atoms with van der Waals surface area (Å²) in [7, 11) is 1.00. The lowest BCUT2D eigenvalue weighted by Crippen LogP contribution is -2.50. The standard InChI is InChI=1S/C25H22F2N2O2Si/c1-5-32(4)21-12-15(28-2)6-8-17(21)23(18-9-7-16(29-3)13-22(18)32)24-19(26)10-14(25(30)31)11-20(24)27/h5-13,28H,1H2,2-4H3,(H,30,31)/p-1. The molecule has 32 heavy (non-hydrogen) atoms. The molecule has 1 heterocycles. The molecular weight excluding hydrogens is 426 g/mol. The number of aliphatic imine (C=N–C) groups is 1. The Kier molecular flexibility index (Phi) is 5.30. The number of benzene rings is 2. The van der Waals surface area contributed by atoms with Crippen molar-refractivity contribution in [2.75, 3.05) is 19.4 Å². The molecule has 0 saturated heterocycles. The molecule has 7 heteroatoms. The second-order valence-corrected chi connectivity index (χ2v) is 11.7. The van der Waals surface area contributed by atoms with Crippen LogP contribution in [0.15, 0.2) is 76.6 Å². The fraction of sp³-hybridized carbons (Fsp3) is 0.120. The summed E-state index contributed by atoms with van der Waals surface area (Å²) >= 11 is 0. The van der Waals surface area contributed by atoms with Gasteiger partial charge in [-0.2, -0.15) is 0 Å². The predicted molar refractivity (Wildman–Crippen MR) is 125 cm³/mol. The van der Waals surface area contributed by atoms with Crippen LogP contribution in [0.25, 0.3) is 5.57 Å². The zero-order valence-electron chi connectivity index (χ0n) is 17.9. The smallest absolute Gasteiger partial charge is 0.139 e. The molecule has 0 amide bonds. The Morgan fingerprint density at radius 1 is 1.19 bits per heavy atom. The number of carboxylic acids is 1. The molecule has 4 nitrogen and oxygen atoms in total. The summed E-state index contributed by atoms with van der Waals surface area (Å²) in [6, 6.07) is 7.29. The van der Waals surface area contributed by atoms with Crippen molar-refractivity contribution in [3.8, 4) is 0 Å². The van der Waals surface area contributed by atoms with Crippen LogP contribution in [-0.2, 0) is 0 Å². The lowest BCUT2D eigenvalue weighted by atomic mass is 9.88. The number of hydrogen-bond acceptors (Lipinski definition) is 4. The SMILES string of the molecule is C=C[Si]1(C)C2=CC(=NC)C=CC2=C(c2c(F)cc(C(=O)[O-])cc2F)c2ccc(NC)cc21. The number of rotatable bonds is 4. The second-order valence-electron chi connectivity index (χ2n) is 7.85. The summed E-state index contributed by atoms with van der Waals surface area (Å²) in [6.45, 7) is 6.25. The van der Waals surface area contributed by atoms with Gasteiger partial charge in [-0.05, 0) is 57.9 Å². The number of nitrogens with one attached hydrogen (secondary N) is 1. The van der Waals surface area contributed by atoms with E-state index < -0.39 is 31.2 Å². The number of anilines is 1. The third-order valence-corrected chi connectivity index (χ3v) is 10.0. The van der Waals surface area contributed by atoms with Crippen LogP contribution in [0, 0.1) is 11.6 Å². The fourth-order valence-corrected chi connectivity index (χ4v) is 7.54. The van der Waals surface area contributed by atoms with Gasteiger partial charge in [-0.3, -0.25) is 4.99 Å². The summed E-state index contributed by atoms with van der Waals surface area (Å²) < 4.78 is 30.4. The molecule has 4 rings (SSSR count). The monoisotopic (exact) mass is 447 g/mol. The van der Waals surface area contributed by atoms with Crippen LogP contribution >= 0.6 is 0 Å². The van der Waals surface area contributed by atoms with E-state index in [4.69, 9.17) is 0 Å². The van der Waals surface area contributed by atoms with Gasteiger partial charge in [0.05, 0.1) is 17.2 Å². The van der Waals surface area contributed by atoms with Crippen LogP contribution in [0.1, 0.15) is 21.5 Å². The fourth-order valence-electron chi connectivity index (χ4n) is 4.38. The van der Waals surface area contributed by atoms with Gasteiger partial charge in [0.25, 0.3) is 0 Å². The molecule has 162 valence electrons. The van der Waals surface area contributed by atoms with Crippen molar-refractivity contribution in [1.29, 1.82) is 0 Å². The lowest BCUT2D eigenvalue weighted by Gasteiger charge is -2.38. The third-order valence-electron chi connectivity index (χ3n) is 6.16. The van der Waals surface area contributed by atoms with Gasteiger partial charge >= 0.3 is 0 Å². The molecular formula is C25H21F2N2O2Si-. The highest BCUT2D eigenvalue weighted by atomic mass is 28.3. The highest BCUT2D eigenvalue weighted by Crippen LogP contribution is 2.43. The number of fused-ring (bicyclic) bond motifs is 2. The minimum Gasteiger partial charge on any atom is -0.545 e. The number of nitrogens with zero attached hydrogens (tertiary/aromatic N) is 1. The number of allylic oxidation sites excluding steroid dienone is 5. The topological polar surface area (TPSA) is 64.5 Å². The van der Waals surface area contributed by atoms with Gasteiger partial charge in [-0.1, -0.05) is 24.4 Å². The van der Waals surface area contributed by atoms with Gasteiger partial charge in [0.1, 0.15) is 19.7 Å². The zero-order chi connectivity index (χ0) is 23.2. The maximum absolute atomic E-state index is 15.2. The maximum Gasteiger partial charge on any atom is 0.139 e. The summed E-state index contributed by atoms with van der Waals surface area (Å²) in [6.07, 6.45) is 5.57. The van der Waals surface area contributed by atoms with E-state index in [1.165, 1.54) is 0 Å². The highest BCUT2D eigenvalue weighted by Gasteiger charge is 2.42. The summed E-state index contributed by atoms with van der Waals surface area (Å²) in [5, 5.41) is 16.2. The van der Waals surface area contributed by atoms with E-state index in [9.17, 15) is 9.90 Å². The quantitative estimate of drug-likeness (QED) is 0.732. The molecule has 2 aliphatic rings. The predicted octanol–water partition coefficient (Wildman–Crippen LogP) is 3.30. The molecule has 2 aromatic carbocycles. The highest BCUT2D eigenvalue weighted by molar-refractivity contribution is 7.02. The molecule has 1 unspecified atom stereocenters. The van der Waals surface area contributed by atoms with Gasteiger partial charge < -0.3 is 15.2 Å². The Bertz CT molecular complexity index is 1280. The molecule has 0 fully saturated rings. The van der Waals surface area contributed by atoms with Crippen molar-refractivity contribution in [2.24, 2.45) is 4.99 Å². The maximum atomic E-state index is 15.2. The Morgan fingerprint density at radius 2 is 1.88 bits per heavy atom. The van der Waals surface area contributed by atoms with Crippen molar-refractivity contribution >= 4 is 36.2 Å². The van der Waals surface area contributed by atoms with Gasteiger partial charge in [-0.25, -0.2) is 8.78 Å². The number of halogens is 2. The summed E-state index contributed by atoms with van der Waals surface area (Å²) in [5.41, 5.74) is 4.54. The average molecular weight is 448 g/mol. The van der Waals surface area contributed by atoms with E-state index in [0.29, 0.717) is 16.7 Å². The van der Waals surface area contributed by atoms with E-state index >= 15 is 8.78 Å². The Morgan fingerprint density at radius 3 is 2.44 bits per heavy atom. The van der Waals surface area contributed by atoms with E-state index in [2.05, 4.69) is 23.4 Å². The minimum atomic E-state index is -2.49. The number of aromatic carboxylic acids is 1. The van der Waals surface area contributed by atoms with Crippen molar-refractivity contribution in [3.63, 3.8) is 0 Å². The largest absolute Gasteiger partial charge is 0.545 e. The lowest BCUT2D eigenvalue weighted by molar-refractivity contribution is -0.255. The van der Waals surface area contributed by atoms with Crippen LogP contribution in [0.3, 0.4) is 0 Å². The normalized spacial score (nSPS) is 20.5. The van der Waals surface area contributed by atoms with Gasteiger partial charge in [0.2, 0.25) is 0 Å². The Labute approximate surface area is 186 Å². The van der Waals surface area contributed by atoms with Crippen LogP contribution in [0.5, 0.6) is 0 Å². The minimum absolute atomic E-state index is 0.268. The van der Waals surface area contributed by atoms with E-state index in [1.807, 2.05) is 43.1 Å². The zero-order valence-corrected chi connectivity index (χ0v) is 18.9. The van der Waals surface area contributed by atoms with Gasteiger partial charge in [0, 0.05) is 30.9 Å². The average Bonchev–Trinajstić information content (AvgIpc) is 2.79. The first kappa shape index (κ1) is 21.6. The molecule has 0 saturated carbocycles. The van der Waals surface area contributed by atoms with Crippen molar-refractivity contribution in [2.45, 2.75) is 6.55 Å². The van der Waals surface area contributed by atoms with Crippen LogP contribution in [-0.4, -0.2) is 33.9 Å². The molecule has 2 aromatic rings. The summed E-state index contributed by atoms with van der Waals surface area (Å²) in [5.74, 6) is -3.55. The molecule has 0 spiro atoms. The molecule has 1 atom stereocenters. The van der Waals surface area contributed by atoms with Crippen LogP contribution < -0.4 is 15.6 Å². The molecule has 1 N–H and O–H groups in total. The molecule has 1 aliphatic carbocycles. The number of carbonyl (C=O) groups excluding carboxylic acids is 1. The first-order valence-corrected chi connectivity index (χ1v) is 12.6. The molecule has 0 radical (unpaired) electrons. The number of carbonyl (C=O) groups is 1. The van der Waals surface area contributed by atoms with Gasteiger partial charge in [-0.15, -0.1) is 6.58 Å². The Balaban J connectivity index is 2.15. The van der Waals surface area contributed by atoms with Crippen molar-refractivity contribution in [1.82, 2.24) is 0 Å².